The summed E-state index contributed by atoms with van der Waals surface area (Å²) < 4.78 is 1.95. The van der Waals surface area contributed by atoms with Crippen LogP contribution in [0.15, 0.2) is 65.7 Å². The van der Waals surface area contributed by atoms with Crippen molar-refractivity contribution in [1.29, 1.82) is 0 Å². The van der Waals surface area contributed by atoms with Gasteiger partial charge in [-0.3, -0.25) is 9.67 Å². The standard InChI is InChI=1S/C25H33N5/c1-19-23(20(2)30(4)29-19)15-17-27-25(26-3)28-18-16-24(21-11-7-5-8-12-21)22-13-9-6-10-14-22/h5-14,24H,15-18H2,1-4H3,(H2,26,27,28). The third-order valence-corrected chi connectivity index (χ3v) is 5.68. The molecule has 3 rings (SSSR count). The van der Waals surface area contributed by atoms with Gasteiger partial charge in [-0.15, -0.1) is 0 Å². The Kier molecular flexibility index (Phi) is 7.66. The second-order valence-corrected chi connectivity index (χ2v) is 7.61. The van der Waals surface area contributed by atoms with E-state index in [0.717, 1.165) is 37.6 Å². The molecule has 158 valence electrons. The van der Waals surface area contributed by atoms with Crippen LogP contribution in [0.25, 0.3) is 0 Å². The number of benzene rings is 2. The average molecular weight is 404 g/mol. The van der Waals surface area contributed by atoms with Crippen LogP contribution in [0.3, 0.4) is 0 Å². The molecular formula is C25H33N5. The van der Waals surface area contributed by atoms with Crippen LogP contribution in [-0.2, 0) is 13.5 Å². The Balaban J connectivity index is 1.54. The molecule has 0 fully saturated rings. The summed E-state index contributed by atoms with van der Waals surface area (Å²) in [7, 11) is 3.82. The lowest BCUT2D eigenvalue weighted by atomic mass is 9.88. The number of rotatable bonds is 8. The first-order valence-corrected chi connectivity index (χ1v) is 10.6. The summed E-state index contributed by atoms with van der Waals surface area (Å²) in [6.07, 6.45) is 1.93. The maximum atomic E-state index is 4.50. The molecule has 3 aromatic rings. The summed E-state index contributed by atoms with van der Waals surface area (Å²) >= 11 is 0. The molecule has 0 aliphatic heterocycles. The molecule has 0 bridgehead atoms. The molecule has 2 aromatic carbocycles. The van der Waals surface area contributed by atoms with Crippen LogP contribution >= 0.6 is 0 Å². The summed E-state index contributed by atoms with van der Waals surface area (Å²) in [5, 5.41) is 11.4. The van der Waals surface area contributed by atoms with Gasteiger partial charge in [-0.1, -0.05) is 60.7 Å². The minimum absolute atomic E-state index is 0.360. The van der Waals surface area contributed by atoms with Crippen molar-refractivity contribution >= 4 is 5.96 Å². The van der Waals surface area contributed by atoms with E-state index in [-0.39, 0.29) is 0 Å². The van der Waals surface area contributed by atoms with Gasteiger partial charge in [-0.25, -0.2) is 0 Å². The number of hydrogen-bond donors (Lipinski definition) is 2. The Bertz CT molecular complexity index is 905. The highest BCUT2D eigenvalue weighted by Crippen LogP contribution is 2.27. The molecule has 5 nitrogen and oxygen atoms in total. The largest absolute Gasteiger partial charge is 0.356 e. The second kappa shape index (κ2) is 10.6. The molecule has 0 atom stereocenters. The fourth-order valence-electron chi connectivity index (χ4n) is 3.94. The zero-order valence-electron chi connectivity index (χ0n) is 18.5. The maximum absolute atomic E-state index is 4.50. The first-order valence-electron chi connectivity index (χ1n) is 10.6. The van der Waals surface area contributed by atoms with Crippen LogP contribution in [0.2, 0.25) is 0 Å². The van der Waals surface area contributed by atoms with Crippen molar-refractivity contribution in [2.24, 2.45) is 12.0 Å². The lowest BCUT2D eigenvalue weighted by Gasteiger charge is -2.19. The smallest absolute Gasteiger partial charge is 0.190 e. The summed E-state index contributed by atoms with van der Waals surface area (Å²) in [4.78, 5) is 4.39. The van der Waals surface area contributed by atoms with Gasteiger partial charge < -0.3 is 10.6 Å². The SMILES string of the molecule is CN=C(NCCc1c(C)nn(C)c1C)NCCC(c1ccccc1)c1ccccc1. The number of aryl methyl sites for hydroxylation is 2. The van der Waals surface area contributed by atoms with Crippen LogP contribution in [-0.4, -0.2) is 35.9 Å². The van der Waals surface area contributed by atoms with E-state index in [1.165, 1.54) is 22.4 Å². The third kappa shape index (κ3) is 5.50. The Morgan fingerprint density at radius 2 is 1.50 bits per heavy atom. The van der Waals surface area contributed by atoms with E-state index in [1.807, 2.05) is 18.8 Å². The molecular weight excluding hydrogens is 370 g/mol. The van der Waals surface area contributed by atoms with Crippen molar-refractivity contribution in [3.63, 3.8) is 0 Å². The first-order chi connectivity index (χ1) is 14.6. The molecule has 0 aliphatic rings. The van der Waals surface area contributed by atoms with E-state index in [0.29, 0.717) is 5.92 Å². The summed E-state index contributed by atoms with van der Waals surface area (Å²) in [5.41, 5.74) is 6.33. The summed E-state index contributed by atoms with van der Waals surface area (Å²) in [6.45, 7) is 5.87. The second-order valence-electron chi connectivity index (χ2n) is 7.61. The van der Waals surface area contributed by atoms with Crippen LogP contribution < -0.4 is 10.6 Å². The first kappa shape index (κ1) is 21.6. The van der Waals surface area contributed by atoms with Crippen molar-refractivity contribution in [1.82, 2.24) is 20.4 Å². The van der Waals surface area contributed by atoms with Gasteiger partial charge in [0.1, 0.15) is 0 Å². The topological polar surface area (TPSA) is 54.2 Å². The molecule has 0 aliphatic carbocycles. The lowest BCUT2D eigenvalue weighted by Crippen LogP contribution is -2.39. The molecule has 0 saturated carbocycles. The molecule has 0 unspecified atom stereocenters. The molecule has 1 heterocycles. The van der Waals surface area contributed by atoms with Gasteiger partial charge in [0.25, 0.3) is 0 Å². The predicted octanol–water partition coefficient (Wildman–Crippen LogP) is 3.97. The number of nitrogens with one attached hydrogen (secondary N) is 2. The van der Waals surface area contributed by atoms with Gasteiger partial charge in [-0.2, -0.15) is 5.10 Å². The van der Waals surface area contributed by atoms with E-state index >= 15 is 0 Å². The van der Waals surface area contributed by atoms with Gasteiger partial charge in [0.15, 0.2) is 5.96 Å². The van der Waals surface area contributed by atoms with E-state index in [4.69, 9.17) is 0 Å². The molecule has 30 heavy (non-hydrogen) atoms. The third-order valence-electron chi connectivity index (χ3n) is 5.68. The van der Waals surface area contributed by atoms with Crippen molar-refractivity contribution in [2.45, 2.75) is 32.6 Å². The molecule has 0 radical (unpaired) electrons. The van der Waals surface area contributed by atoms with Crippen LogP contribution in [0, 0.1) is 13.8 Å². The Labute approximate surface area is 180 Å². The van der Waals surface area contributed by atoms with Gasteiger partial charge in [0.2, 0.25) is 0 Å². The predicted molar refractivity (Wildman–Crippen MR) is 125 cm³/mol. The maximum Gasteiger partial charge on any atom is 0.190 e. The fourth-order valence-corrected chi connectivity index (χ4v) is 3.94. The molecule has 1 aromatic heterocycles. The molecule has 5 heteroatoms. The number of guanidine groups is 1. The normalized spacial score (nSPS) is 11.7. The van der Waals surface area contributed by atoms with Crippen molar-refractivity contribution in [3.05, 3.63) is 88.7 Å². The van der Waals surface area contributed by atoms with Crippen LogP contribution in [0.1, 0.15) is 40.4 Å². The number of nitrogens with zero attached hydrogens (tertiary/aromatic N) is 3. The molecule has 0 spiro atoms. The Hall–Kier alpha value is -3.08. The van der Waals surface area contributed by atoms with Gasteiger partial charge >= 0.3 is 0 Å². The Morgan fingerprint density at radius 1 is 0.933 bits per heavy atom. The van der Waals surface area contributed by atoms with Crippen LogP contribution in [0.5, 0.6) is 0 Å². The minimum Gasteiger partial charge on any atom is -0.356 e. The van der Waals surface area contributed by atoms with Crippen molar-refractivity contribution in [2.75, 3.05) is 20.1 Å². The molecule has 0 saturated heterocycles. The number of hydrogen-bond acceptors (Lipinski definition) is 2. The zero-order valence-corrected chi connectivity index (χ0v) is 18.5. The van der Waals surface area contributed by atoms with Crippen molar-refractivity contribution in [3.8, 4) is 0 Å². The number of aliphatic imine (C=N–C) groups is 1. The highest BCUT2D eigenvalue weighted by Gasteiger charge is 2.14. The monoisotopic (exact) mass is 403 g/mol. The van der Waals surface area contributed by atoms with E-state index in [1.54, 1.807) is 0 Å². The zero-order chi connectivity index (χ0) is 21.3. The van der Waals surface area contributed by atoms with Gasteiger partial charge in [-0.05, 0) is 43.4 Å². The fraction of sp³-hybridized carbons (Fsp3) is 0.360. The Morgan fingerprint density at radius 3 is 2.00 bits per heavy atom. The van der Waals surface area contributed by atoms with Gasteiger partial charge in [0, 0.05) is 38.8 Å². The molecule has 0 amide bonds. The highest BCUT2D eigenvalue weighted by molar-refractivity contribution is 5.79. The average Bonchev–Trinajstić information content (AvgIpc) is 3.02. The van der Waals surface area contributed by atoms with Gasteiger partial charge in [0.05, 0.1) is 5.69 Å². The number of aromatic nitrogens is 2. The quantitative estimate of drug-likeness (QED) is 0.442. The molecule has 2 N–H and O–H groups in total. The van der Waals surface area contributed by atoms with Crippen LogP contribution in [0.4, 0.5) is 0 Å². The van der Waals surface area contributed by atoms with E-state index in [2.05, 4.69) is 95.2 Å². The summed E-state index contributed by atoms with van der Waals surface area (Å²) in [5.74, 6) is 1.20. The van der Waals surface area contributed by atoms with E-state index < -0.39 is 0 Å². The minimum atomic E-state index is 0.360. The van der Waals surface area contributed by atoms with E-state index in [9.17, 15) is 0 Å². The highest BCUT2D eigenvalue weighted by atomic mass is 15.3. The van der Waals surface area contributed by atoms with Crippen molar-refractivity contribution < 1.29 is 0 Å². The lowest BCUT2D eigenvalue weighted by molar-refractivity contribution is 0.677. The summed E-state index contributed by atoms with van der Waals surface area (Å²) in [6, 6.07) is 21.4.